The lowest BCUT2D eigenvalue weighted by atomic mass is 10.1. The fourth-order valence-electron chi connectivity index (χ4n) is 3.79. The van der Waals surface area contributed by atoms with Gasteiger partial charge < -0.3 is 24.6 Å². The number of rotatable bonds is 6. The van der Waals surface area contributed by atoms with Gasteiger partial charge in [-0.3, -0.25) is 4.79 Å². The molecular weight excluding hydrogens is 485 g/mol. The van der Waals surface area contributed by atoms with Gasteiger partial charge in [0.1, 0.15) is 17.3 Å². The van der Waals surface area contributed by atoms with E-state index in [0.29, 0.717) is 5.69 Å². The largest absolute Gasteiger partial charge is 0.573 e. The molecule has 1 aliphatic heterocycles. The first kappa shape index (κ1) is 24.9. The smallest absolute Gasteiger partial charge is 0.482 e. The Morgan fingerprint density at radius 1 is 1.11 bits per heavy atom. The van der Waals surface area contributed by atoms with Gasteiger partial charge in [-0.05, 0) is 55.9 Å². The van der Waals surface area contributed by atoms with Crippen molar-refractivity contribution in [3.8, 4) is 11.5 Å². The number of alkyl halides is 3. The summed E-state index contributed by atoms with van der Waals surface area (Å²) in [5, 5.41) is 3.57. The number of nitrogens with one attached hydrogen (secondary N) is 1. The van der Waals surface area contributed by atoms with Crippen LogP contribution < -0.4 is 19.7 Å². The highest BCUT2D eigenvalue weighted by Crippen LogP contribution is 2.32. The molecule has 1 saturated heterocycles. The van der Waals surface area contributed by atoms with Crippen molar-refractivity contribution in [2.75, 3.05) is 50.1 Å². The van der Waals surface area contributed by atoms with Crippen molar-refractivity contribution in [2.45, 2.75) is 13.3 Å². The zero-order valence-electron chi connectivity index (χ0n) is 19.2. The molecule has 1 N–H and O–H groups in total. The number of fused-ring (bicyclic) bond motifs is 1. The minimum absolute atomic E-state index is 0.0614. The molecule has 2 heterocycles. The highest BCUT2D eigenvalue weighted by molar-refractivity contribution is 6.32. The van der Waals surface area contributed by atoms with Gasteiger partial charge in [-0.15, -0.1) is 13.2 Å². The summed E-state index contributed by atoms with van der Waals surface area (Å²) in [6.07, 6.45) is -4.83. The van der Waals surface area contributed by atoms with Crippen molar-refractivity contribution in [2.24, 2.45) is 0 Å². The number of pyridine rings is 1. The molecule has 0 atom stereocenters. The molecule has 0 unspecified atom stereocenters. The molecule has 0 spiro atoms. The summed E-state index contributed by atoms with van der Waals surface area (Å²) in [6, 6.07) is 10.8. The van der Waals surface area contributed by atoms with Gasteiger partial charge in [-0.1, -0.05) is 11.6 Å². The zero-order chi connectivity index (χ0) is 25.2. The molecule has 7 nitrogen and oxygen atoms in total. The number of halogens is 4. The summed E-state index contributed by atoms with van der Waals surface area (Å²) in [7, 11) is 2.11. The minimum Gasteiger partial charge on any atom is -0.482 e. The average molecular weight is 509 g/mol. The Bertz CT molecular complexity index is 1230. The molecule has 0 aliphatic carbocycles. The number of anilines is 2. The van der Waals surface area contributed by atoms with E-state index >= 15 is 0 Å². The van der Waals surface area contributed by atoms with Crippen molar-refractivity contribution in [1.82, 2.24) is 9.88 Å². The van der Waals surface area contributed by atoms with Crippen LogP contribution in [0.5, 0.6) is 11.5 Å². The van der Waals surface area contributed by atoms with E-state index in [2.05, 4.69) is 33.0 Å². The van der Waals surface area contributed by atoms with Crippen LogP contribution in [0.15, 0.2) is 42.5 Å². The summed E-state index contributed by atoms with van der Waals surface area (Å²) in [5.41, 5.74) is 2.45. The monoisotopic (exact) mass is 508 g/mol. The fraction of sp³-hybridized carbons (Fsp3) is 0.333. The van der Waals surface area contributed by atoms with Crippen LogP contribution in [0.4, 0.5) is 24.7 Å². The lowest BCUT2D eigenvalue weighted by Crippen LogP contribution is -2.44. The Morgan fingerprint density at radius 3 is 2.54 bits per heavy atom. The Hall–Kier alpha value is -3.24. The predicted octanol–water partition coefficient (Wildman–Crippen LogP) is 4.86. The number of aryl methyl sites for hydroxylation is 1. The molecule has 186 valence electrons. The lowest BCUT2D eigenvalue weighted by Gasteiger charge is -2.33. The highest BCUT2D eigenvalue weighted by atomic mass is 35.5. The first-order chi connectivity index (χ1) is 16.6. The van der Waals surface area contributed by atoms with Crippen LogP contribution in [0.25, 0.3) is 10.9 Å². The predicted molar refractivity (Wildman–Crippen MR) is 128 cm³/mol. The van der Waals surface area contributed by atoms with Crippen LogP contribution in [-0.4, -0.2) is 62.0 Å². The second-order valence-electron chi connectivity index (χ2n) is 8.30. The number of likely N-dealkylation sites (N-methyl/N-ethyl adjacent to an activating group) is 1. The number of piperazine rings is 1. The summed E-state index contributed by atoms with van der Waals surface area (Å²) in [4.78, 5) is 21.7. The molecule has 35 heavy (non-hydrogen) atoms. The van der Waals surface area contributed by atoms with Gasteiger partial charge in [0.2, 0.25) is 0 Å². The maximum absolute atomic E-state index is 12.4. The van der Waals surface area contributed by atoms with Gasteiger partial charge >= 0.3 is 6.36 Å². The van der Waals surface area contributed by atoms with Gasteiger partial charge in [0.15, 0.2) is 6.61 Å². The van der Waals surface area contributed by atoms with Crippen LogP contribution in [0, 0.1) is 6.92 Å². The quantitative estimate of drug-likeness (QED) is 0.513. The minimum atomic E-state index is -4.83. The Labute approximate surface area is 205 Å². The maximum Gasteiger partial charge on any atom is 0.573 e. The number of nitrogens with zero attached hydrogens (tertiary/aromatic N) is 3. The van der Waals surface area contributed by atoms with Gasteiger partial charge in [0.05, 0.1) is 10.5 Å². The van der Waals surface area contributed by atoms with E-state index in [9.17, 15) is 18.0 Å². The number of carbonyl (C=O) groups is 1. The first-order valence-corrected chi connectivity index (χ1v) is 11.3. The number of aromatic nitrogens is 1. The molecule has 2 aromatic carbocycles. The van der Waals surface area contributed by atoms with E-state index < -0.39 is 18.0 Å². The van der Waals surface area contributed by atoms with Crippen LogP contribution in [0.2, 0.25) is 5.02 Å². The molecule has 1 aliphatic rings. The standard InChI is InChI=1S/C24H24ClF3N4O3/c1-15-11-22(32-9-7-31(2)8-10-32)30-20-5-3-16(12-18(15)20)29-23(33)14-34-21-6-4-17(13-19(21)25)35-24(26,27)28/h3-6,11-13H,7-10,14H2,1-2H3,(H,29,33). The fourth-order valence-corrected chi connectivity index (χ4v) is 4.01. The summed E-state index contributed by atoms with van der Waals surface area (Å²) in [6.45, 7) is 5.45. The van der Waals surface area contributed by atoms with E-state index in [0.717, 1.165) is 60.6 Å². The molecule has 0 saturated carbocycles. The van der Waals surface area contributed by atoms with Crippen molar-refractivity contribution < 1.29 is 27.4 Å². The zero-order valence-corrected chi connectivity index (χ0v) is 19.9. The summed E-state index contributed by atoms with van der Waals surface area (Å²) in [5.74, 6) is 0.0778. The highest BCUT2D eigenvalue weighted by Gasteiger charge is 2.31. The summed E-state index contributed by atoms with van der Waals surface area (Å²) < 4.78 is 46.1. The van der Waals surface area contributed by atoms with E-state index in [-0.39, 0.29) is 17.4 Å². The van der Waals surface area contributed by atoms with Crippen LogP contribution in [-0.2, 0) is 4.79 Å². The van der Waals surface area contributed by atoms with Crippen LogP contribution in [0.1, 0.15) is 5.56 Å². The molecule has 1 fully saturated rings. The molecule has 0 bridgehead atoms. The molecule has 3 aromatic rings. The second-order valence-corrected chi connectivity index (χ2v) is 8.70. The number of hydrogen-bond acceptors (Lipinski definition) is 6. The molecule has 0 radical (unpaired) electrons. The molecular formula is C24H24ClF3N4O3. The molecule has 1 amide bonds. The van der Waals surface area contributed by atoms with Gasteiger partial charge in [0, 0.05) is 43.3 Å². The topological polar surface area (TPSA) is 66.9 Å². The summed E-state index contributed by atoms with van der Waals surface area (Å²) >= 11 is 5.94. The average Bonchev–Trinajstić information content (AvgIpc) is 2.78. The number of ether oxygens (including phenoxy) is 2. The second kappa shape index (κ2) is 10.2. The maximum atomic E-state index is 12.4. The van der Waals surface area contributed by atoms with E-state index in [4.69, 9.17) is 21.3 Å². The number of hydrogen-bond donors (Lipinski definition) is 1. The third kappa shape index (κ3) is 6.46. The SMILES string of the molecule is Cc1cc(N2CCN(C)CC2)nc2ccc(NC(=O)COc3ccc(OC(F)(F)F)cc3Cl)cc12. The lowest BCUT2D eigenvalue weighted by molar-refractivity contribution is -0.274. The van der Waals surface area contributed by atoms with Crippen molar-refractivity contribution in [1.29, 1.82) is 0 Å². The van der Waals surface area contributed by atoms with E-state index in [1.165, 1.54) is 6.07 Å². The number of carbonyl (C=O) groups excluding carboxylic acids is 1. The first-order valence-electron chi connectivity index (χ1n) is 10.9. The van der Waals surface area contributed by atoms with E-state index in [1.807, 2.05) is 19.1 Å². The van der Waals surface area contributed by atoms with Gasteiger partial charge in [0.25, 0.3) is 5.91 Å². The van der Waals surface area contributed by atoms with Crippen LogP contribution >= 0.6 is 11.6 Å². The van der Waals surface area contributed by atoms with Gasteiger partial charge in [-0.2, -0.15) is 0 Å². The Morgan fingerprint density at radius 2 is 1.86 bits per heavy atom. The Kier molecular flexibility index (Phi) is 7.23. The van der Waals surface area contributed by atoms with Gasteiger partial charge in [-0.25, -0.2) is 4.98 Å². The molecule has 4 rings (SSSR count). The molecule has 11 heteroatoms. The van der Waals surface area contributed by atoms with Crippen molar-refractivity contribution >= 4 is 39.9 Å². The Balaban J connectivity index is 1.39. The van der Waals surface area contributed by atoms with Crippen molar-refractivity contribution in [3.63, 3.8) is 0 Å². The third-order valence-electron chi connectivity index (χ3n) is 5.61. The number of benzene rings is 2. The van der Waals surface area contributed by atoms with Crippen molar-refractivity contribution in [3.05, 3.63) is 53.1 Å². The number of amides is 1. The molecule has 1 aromatic heterocycles. The third-order valence-corrected chi connectivity index (χ3v) is 5.90. The van der Waals surface area contributed by atoms with Crippen LogP contribution in [0.3, 0.4) is 0 Å². The van der Waals surface area contributed by atoms with E-state index in [1.54, 1.807) is 6.07 Å². The normalized spacial score (nSPS) is 14.7.